The molecular formula is C18H23NO7. The second-order valence-electron chi connectivity index (χ2n) is 6.27. The van der Waals surface area contributed by atoms with E-state index in [1.165, 1.54) is 0 Å². The summed E-state index contributed by atoms with van der Waals surface area (Å²) in [5.41, 5.74) is 1.32. The van der Waals surface area contributed by atoms with E-state index in [9.17, 15) is 20.4 Å². The van der Waals surface area contributed by atoms with E-state index in [1.54, 1.807) is 26.4 Å². The van der Waals surface area contributed by atoms with Gasteiger partial charge in [-0.25, -0.2) is 0 Å². The Bertz CT molecular complexity index is 767. The Balaban J connectivity index is 1.86. The molecule has 0 spiro atoms. The third-order valence-electron chi connectivity index (χ3n) is 4.65. The van der Waals surface area contributed by atoms with Crippen LogP contribution in [0.1, 0.15) is 5.69 Å². The zero-order valence-electron chi connectivity index (χ0n) is 14.6. The maximum Gasteiger partial charge on any atom is 0.162 e. The van der Waals surface area contributed by atoms with Crippen molar-refractivity contribution in [1.82, 2.24) is 4.98 Å². The number of ether oxygens (including phenoxy) is 3. The molecule has 4 N–H and O–H groups in total. The number of nitrogens with zero attached hydrogens (tertiary/aromatic N) is 1. The van der Waals surface area contributed by atoms with E-state index in [4.69, 9.17) is 14.2 Å². The number of rotatable bonds is 5. The Hall–Kier alpha value is -1.97. The van der Waals surface area contributed by atoms with Crippen molar-refractivity contribution < 1.29 is 34.6 Å². The molecule has 1 aromatic heterocycles. The number of pyridine rings is 1. The summed E-state index contributed by atoms with van der Waals surface area (Å²) in [4.78, 5) is 4.55. The van der Waals surface area contributed by atoms with Gasteiger partial charge in [0.05, 0.1) is 32.4 Å². The average Bonchev–Trinajstić information content (AvgIpc) is 2.67. The fourth-order valence-corrected chi connectivity index (χ4v) is 3.16. The van der Waals surface area contributed by atoms with Crippen molar-refractivity contribution in [1.29, 1.82) is 0 Å². The van der Waals surface area contributed by atoms with Crippen LogP contribution in [0.2, 0.25) is 0 Å². The highest BCUT2D eigenvalue weighted by Crippen LogP contribution is 2.32. The normalized spacial score (nSPS) is 28.9. The molecule has 5 atom stereocenters. The average molecular weight is 365 g/mol. The van der Waals surface area contributed by atoms with E-state index in [-0.39, 0.29) is 6.42 Å². The molecule has 3 rings (SSSR count). The van der Waals surface area contributed by atoms with Gasteiger partial charge in [-0.2, -0.15) is 0 Å². The van der Waals surface area contributed by atoms with Crippen molar-refractivity contribution in [3.05, 3.63) is 30.0 Å². The van der Waals surface area contributed by atoms with Crippen LogP contribution in [-0.2, 0) is 11.2 Å². The van der Waals surface area contributed by atoms with Gasteiger partial charge >= 0.3 is 0 Å². The maximum atomic E-state index is 10.2. The third-order valence-corrected chi connectivity index (χ3v) is 4.65. The van der Waals surface area contributed by atoms with Crippen molar-refractivity contribution >= 4 is 10.9 Å². The molecule has 0 saturated carbocycles. The Morgan fingerprint density at radius 2 is 1.62 bits per heavy atom. The molecule has 1 saturated heterocycles. The number of aliphatic hydroxyl groups excluding tert-OH is 4. The minimum atomic E-state index is -1.39. The van der Waals surface area contributed by atoms with E-state index in [1.807, 2.05) is 12.1 Å². The summed E-state index contributed by atoms with van der Waals surface area (Å²) in [7, 11) is 3.10. The molecule has 26 heavy (non-hydrogen) atoms. The van der Waals surface area contributed by atoms with Crippen molar-refractivity contribution in [2.75, 3.05) is 20.8 Å². The van der Waals surface area contributed by atoms with Crippen LogP contribution in [0, 0.1) is 0 Å². The van der Waals surface area contributed by atoms with Gasteiger partial charge in [0.2, 0.25) is 0 Å². The Morgan fingerprint density at radius 3 is 2.27 bits per heavy atom. The first-order valence-electron chi connectivity index (χ1n) is 8.30. The summed E-state index contributed by atoms with van der Waals surface area (Å²) in [6.07, 6.45) is -5.55. The first kappa shape index (κ1) is 18.8. The lowest BCUT2D eigenvalue weighted by Crippen LogP contribution is -2.59. The first-order chi connectivity index (χ1) is 12.5. The van der Waals surface area contributed by atoms with Crippen molar-refractivity contribution in [3.63, 3.8) is 0 Å². The third kappa shape index (κ3) is 3.46. The van der Waals surface area contributed by atoms with E-state index in [2.05, 4.69) is 4.98 Å². The van der Waals surface area contributed by atoms with Gasteiger partial charge in [-0.15, -0.1) is 0 Å². The highest BCUT2D eigenvalue weighted by atomic mass is 16.5. The van der Waals surface area contributed by atoms with Crippen LogP contribution in [0.5, 0.6) is 11.5 Å². The van der Waals surface area contributed by atoms with Crippen LogP contribution in [0.25, 0.3) is 10.9 Å². The smallest absolute Gasteiger partial charge is 0.162 e. The van der Waals surface area contributed by atoms with Gasteiger partial charge in [0, 0.05) is 23.6 Å². The molecule has 2 heterocycles. The highest BCUT2D eigenvalue weighted by molar-refractivity contribution is 5.82. The van der Waals surface area contributed by atoms with Crippen LogP contribution >= 0.6 is 0 Å². The number of benzene rings is 1. The molecule has 1 aromatic carbocycles. The standard InChI is InChI=1S/C18H23NO7/c1-24-12-5-9-3-4-10(19-11(9)7-13(12)25-2)6-14-16(21)18(23)17(22)15(8-20)26-14/h3-5,7,14-18,20-23H,6,8H2,1-2H3/t14-,15-,16+,17-,18-/m0/s1. The van der Waals surface area contributed by atoms with Gasteiger partial charge < -0.3 is 34.6 Å². The van der Waals surface area contributed by atoms with Crippen LogP contribution < -0.4 is 9.47 Å². The zero-order valence-corrected chi connectivity index (χ0v) is 14.6. The van der Waals surface area contributed by atoms with Crippen LogP contribution in [0.3, 0.4) is 0 Å². The summed E-state index contributed by atoms with van der Waals surface area (Å²) >= 11 is 0. The number of aromatic nitrogens is 1. The van der Waals surface area contributed by atoms with E-state index in [0.717, 1.165) is 5.39 Å². The molecule has 1 fully saturated rings. The van der Waals surface area contributed by atoms with Crippen molar-refractivity contribution in [2.24, 2.45) is 0 Å². The first-order valence-corrected chi connectivity index (χ1v) is 8.30. The largest absolute Gasteiger partial charge is 0.493 e. The zero-order chi connectivity index (χ0) is 18.8. The summed E-state index contributed by atoms with van der Waals surface area (Å²) in [5, 5.41) is 40.1. The molecule has 8 heteroatoms. The Morgan fingerprint density at radius 1 is 0.962 bits per heavy atom. The summed E-state index contributed by atoms with van der Waals surface area (Å²) < 4.78 is 16.1. The lowest BCUT2D eigenvalue weighted by molar-refractivity contribution is -0.228. The summed E-state index contributed by atoms with van der Waals surface area (Å²) in [5.74, 6) is 1.15. The molecule has 142 valence electrons. The predicted molar refractivity (Wildman–Crippen MR) is 92.3 cm³/mol. The highest BCUT2D eigenvalue weighted by Gasteiger charge is 2.43. The second-order valence-corrected chi connectivity index (χ2v) is 6.27. The topological polar surface area (TPSA) is 122 Å². The molecule has 0 bridgehead atoms. The number of methoxy groups -OCH3 is 2. The quantitative estimate of drug-likeness (QED) is 0.567. The second kappa shape index (κ2) is 7.73. The summed E-state index contributed by atoms with van der Waals surface area (Å²) in [6.45, 7) is -0.455. The Labute approximate surface area is 150 Å². The van der Waals surface area contributed by atoms with E-state index in [0.29, 0.717) is 22.7 Å². The SMILES string of the molecule is COc1cc2ccc(C[C@@H]3O[C@@H](CO)[C@H](O)[C@@H](O)[C@@H]3O)nc2cc1OC. The van der Waals surface area contributed by atoms with E-state index < -0.39 is 37.1 Å². The minimum absolute atomic E-state index is 0.214. The van der Waals surface area contributed by atoms with Gasteiger partial charge in [-0.3, -0.25) is 4.98 Å². The fourth-order valence-electron chi connectivity index (χ4n) is 3.16. The van der Waals surface area contributed by atoms with Gasteiger partial charge in [-0.05, 0) is 12.1 Å². The molecule has 0 aliphatic carbocycles. The number of hydrogen-bond donors (Lipinski definition) is 4. The predicted octanol–water partition coefficient (Wildman–Crippen LogP) is -0.363. The van der Waals surface area contributed by atoms with Crippen LogP contribution in [-0.4, -0.2) is 76.8 Å². The molecule has 2 aromatic rings. The number of aliphatic hydroxyl groups is 4. The molecule has 1 aliphatic heterocycles. The van der Waals surface area contributed by atoms with Gasteiger partial charge in [0.1, 0.15) is 24.4 Å². The number of fused-ring (bicyclic) bond motifs is 1. The van der Waals surface area contributed by atoms with Gasteiger partial charge in [0.25, 0.3) is 0 Å². The molecule has 0 amide bonds. The fraction of sp³-hybridized carbons (Fsp3) is 0.500. The Kier molecular flexibility index (Phi) is 5.59. The lowest BCUT2D eigenvalue weighted by atomic mass is 9.92. The molecule has 0 radical (unpaired) electrons. The lowest BCUT2D eigenvalue weighted by Gasteiger charge is -2.40. The molecule has 1 aliphatic rings. The minimum Gasteiger partial charge on any atom is -0.493 e. The number of hydrogen-bond acceptors (Lipinski definition) is 8. The van der Waals surface area contributed by atoms with Crippen LogP contribution in [0.4, 0.5) is 0 Å². The molecule has 0 unspecified atom stereocenters. The van der Waals surface area contributed by atoms with E-state index >= 15 is 0 Å². The molecular weight excluding hydrogens is 342 g/mol. The van der Waals surface area contributed by atoms with Gasteiger partial charge in [-0.1, -0.05) is 6.07 Å². The van der Waals surface area contributed by atoms with Gasteiger partial charge in [0.15, 0.2) is 11.5 Å². The van der Waals surface area contributed by atoms with Crippen molar-refractivity contribution in [3.8, 4) is 11.5 Å². The molecule has 8 nitrogen and oxygen atoms in total. The summed E-state index contributed by atoms with van der Waals surface area (Å²) in [6, 6.07) is 7.23. The monoisotopic (exact) mass is 365 g/mol. The van der Waals surface area contributed by atoms with Crippen LogP contribution in [0.15, 0.2) is 24.3 Å². The maximum absolute atomic E-state index is 10.2. The van der Waals surface area contributed by atoms with Crippen molar-refractivity contribution in [2.45, 2.75) is 36.9 Å².